The van der Waals surface area contributed by atoms with Gasteiger partial charge in [-0.05, 0) is 12.3 Å². The van der Waals surface area contributed by atoms with Crippen molar-refractivity contribution in [3.8, 4) is 0 Å². The number of carboxylic acids is 1. The zero-order valence-electron chi connectivity index (χ0n) is 6.00. The number of thioether (sulfide) groups is 1. The number of carbonyl (C=O) groups is 1. The third kappa shape index (κ3) is 2.34. The molecule has 0 bridgehead atoms. The average Bonchev–Trinajstić information content (AvgIpc) is 2.08. The van der Waals surface area contributed by atoms with Crippen LogP contribution in [0.15, 0.2) is 11.1 Å². The van der Waals surface area contributed by atoms with Gasteiger partial charge in [0.25, 0.3) is 0 Å². The molecule has 0 saturated carbocycles. The standard InChI is InChI=1S/C6H9NO2S2/c1-4-3-11-6(10,7-4)2-5(8)9/h3,7,10H,2H2,1H3,(H,8,9). The first-order valence-electron chi connectivity index (χ1n) is 3.09. The van der Waals surface area contributed by atoms with Gasteiger partial charge in [0, 0.05) is 5.70 Å². The van der Waals surface area contributed by atoms with E-state index in [9.17, 15) is 4.79 Å². The van der Waals surface area contributed by atoms with Gasteiger partial charge in [-0.1, -0.05) is 11.8 Å². The third-order valence-electron chi connectivity index (χ3n) is 1.21. The van der Waals surface area contributed by atoms with E-state index < -0.39 is 10.2 Å². The maximum atomic E-state index is 10.3. The lowest BCUT2D eigenvalue weighted by Crippen LogP contribution is -2.33. The zero-order chi connectivity index (χ0) is 8.48. The van der Waals surface area contributed by atoms with Crippen LogP contribution in [-0.2, 0) is 4.79 Å². The molecule has 0 amide bonds. The minimum Gasteiger partial charge on any atom is -0.481 e. The van der Waals surface area contributed by atoms with E-state index in [0.29, 0.717) is 0 Å². The van der Waals surface area contributed by atoms with Crippen LogP contribution in [0.4, 0.5) is 0 Å². The quantitative estimate of drug-likeness (QED) is 0.575. The summed E-state index contributed by atoms with van der Waals surface area (Å²) in [7, 11) is 0. The van der Waals surface area contributed by atoms with Gasteiger partial charge in [0.2, 0.25) is 0 Å². The highest BCUT2D eigenvalue weighted by Crippen LogP contribution is 2.37. The molecule has 11 heavy (non-hydrogen) atoms. The lowest BCUT2D eigenvalue weighted by Gasteiger charge is -2.21. The molecule has 1 heterocycles. The highest BCUT2D eigenvalue weighted by molar-refractivity contribution is 8.13. The van der Waals surface area contributed by atoms with Crippen LogP contribution in [0.25, 0.3) is 0 Å². The van der Waals surface area contributed by atoms with E-state index in [1.807, 2.05) is 12.3 Å². The molecule has 0 aromatic heterocycles. The van der Waals surface area contributed by atoms with Crippen LogP contribution in [0, 0.1) is 0 Å². The summed E-state index contributed by atoms with van der Waals surface area (Å²) < 4.78 is -0.643. The highest BCUT2D eigenvalue weighted by atomic mass is 32.2. The second-order valence-corrected chi connectivity index (χ2v) is 4.63. The van der Waals surface area contributed by atoms with Crippen molar-refractivity contribution in [2.45, 2.75) is 17.5 Å². The summed E-state index contributed by atoms with van der Waals surface area (Å²) in [6.45, 7) is 1.88. The monoisotopic (exact) mass is 191 g/mol. The van der Waals surface area contributed by atoms with Gasteiger partial charge >= 0.3 is 5.97 Å². The van der Waals surface area contributed by atoms with Gasteiger partial charge in [0.15, 0.2) is 0 Å². The number of aliphatic carboxylic acids is 1. The van der Waals surface area contributed by atoms with Crippen LogP contribution >= 0.6 is 24.4 Å². The Kier molecular flexibility index (Phi) is 2.39. The third-order valence-corrected chi connectivity index (χ3v) is 2.91. The van der Waals surface area contributed by atoms with Crippen LogP contribution in [0.2, 0.25) is 0 Å². The molecular weight excluding hydrogens is 182 g/mol. The fraction of sp³-hybridized carbons (Fsp3) is 0.500. The number of allylic oxidation sites excluding steroid dienone is 1. The van der Waals surface area contributed by atoms with E-state index in [4.69, 9.17) is 5.11 Å². The van der Waals surface area contributed by atoms with Crippen molar-refractivity contribution in [1.82, 2.24) is 5.32 Å². The molecule has 0 fully saturated rings. The number of carboxylic acid groups (broad SMARTS) is 1. The number of hydrogen-bond acceptors (Lipinski definition) is 4. The number of thiol groups is 1. The van der Waals surface area contributed by atoms with Crippen molar-refractivity contribution in [3.05, 3.63) is 11.1 Å². The minimum absolute atomic E-state index is 0.00855. The highest BCUT2D eigenvalue weighted by Gasteiger charge is 2.32. The molecule has 1 unspecified atom stereocenters. The molecule has 2 N–H and O–H groups in total. The van der Waals surface area contributed by atoms with E-state index >= 15 is 0 Å². The molecule has 1 rings (SSSR count). The fourth-order valence-electron chi connectivity index (χ4n) is 0.844. The molecule has 1 aliphatic heterocycles. The van der Waals surface area contributed by atoms with Crippen LogP contribution in [0.1, 0.15) is 13.3 Å². The van der Waals surface area contributed by atoms with Crippen LogP contribution in [-0.4, -0.2) is 15.3 Å². The molecule has 3 nitrogen and oxygen atoms in total. The molecule has 5 heteroatoms. The maximum absolute atomic E-state index is 10.3. The van der Waals surface area contributed by atoms with E-state index in [2.05, 4.69) is 17.9 Å². The van der Waals surface area contributed by atoms with Gasteiger partial charge in [-0.15, -0.1) is 12.6 Å². The molecule has 0 saturated heterocycles. The largest absolute Gasteiger partial charge is 0.481 e. The molecule has 1 aliphatic rings. The summed E-state index contributed by atoms with van der Waals surface area (Å²) in [4.78, 5) is 10.3. The van der Waals surface area contributed by atoms with Crippen molar-refractivity contribution in [1.29, 1.82) is 0 Å². The van der Waals surface area contributed by atoms with Crippen LogP contribution in [0.5, 0.6) is 0 Å². The predicted molar refractivity (Wildman–Crippen MR) is 48.5 cm³/mol. The average molecular weight is 191 g/mol. The summed E-state index contributed by atoms with van der Waals surface area (Å²) >= 11 is 5.59. The Morgan fingerprint density at radius 1 is 2.00 bits per heavy atom. The van der Waals surface area contributed by atoms with Crippen molar-refractivity contribution in [2.24, 2.45) is 0 Å². The summed E-state index contributed by atoms with van der Waals surface area (Å²) in [5.74, 6) is -0.844. The Morgan fingerprint density at radius 2 is 2.64 bits per heavy atom. The molecule has 0 radical (unpaired) electrons. The molecule has 1 atom stereocenters. The van der Waals surface area contributed by atoms with E-state index in [0.717, 1.165) is 5.70 Å². The van der Waals surface area contributed by atoms with Gasteiger partial charge in [0.1, 0.15) is 4.20 Å². The smallest absolute Gasteiger partial charge is 0.307 e. The maximum Gasteiger partial charge on any atom is 0.307 e. The Bertz CT molecular complexity index is 217. The van der Waals surface area contributed by atoms with Crippen LogP contribution < -0.4 is 5.32 Å². The summed E-state index contributed by atoms with van der Waals surface area (Å²) in [5.41, 5.74) is 0.964. The van der Waals surface area contributed by atoms with Gasteiger partial charge < -0.3 is 10.4 Å². The summed E-state index contributed by atoms with van der Waals surface area (Å²) in [6.07, 6.45) is 0.00855. The van der Waals surface area contributed by atoms with Crippen molar-refractivity contribution in [3.63, 3.8) is 0 Å². The predicted octanol–water partition coefficient (Wildman–Crippen LogP) is 1.24. The lowest BCUT2D eigenvalue weighted by atomic mass is 10.4. The second kappa shape index (κ2) is 2.98. The normalized spacial score (nSPS) is 29.5. The SMILES string of the molecule is CC1=CSC(S)(CC(=O)O)N1. The Hall–Kier alpha value is -0.290. The molecule has 0 spiro atoms. The van der Waals surface area contributed by atoms with Gasteiger partial charge in [0.05, 0.1) is 6.42 Å². The lowest BCUT2D eigenvalue weighted by molar-refractivity contribution is -0.137. The Morgan fingerprint density at radius 3 is 3.00 bits per heavy atom. The molecule has 0 aromatic carbocycles. The van der Waals surface area contributed by atoms with Gasteiger partial charge in [-0.2, -0.15) is 0 Å². The first-order chi connectivity index (χ1) is 5.02. The zero-order valence-corrected chi connectivity index (χ0v) is 7.71. The first kappa shape index (κ1) is 8.80. The van der Waals surface area contributed by atoms with Gasteiger partial charge in [-0.3, -0.25) is 4.79 Å². The van der Waals surface area contributed by atoms with Crippen LogP contribution in [0.3, 0.4) is 0 Å². The van der Waals surface area contributed by atoms with Crippen molar-refractivity contribution >= 4 is 30.4 Å². The number of rotatable bonds is 2. The molecule has 0 aromatic rings. The topological polar surface area (TPSA) is 49.3 Å². The van der Waals surface area contributed by atoms with Crippen molar-refractivity contribution in [2.75, 3.05) is 0 Å². The molecule has 62 valence electrons. The second-order valence-electron chi connectivity index (χ2n) is 2.40. The first-order valence-corrected chi connectivity index (χ1v) is 4.41. The van der Waals surface area contributed by atoms with E-state index in [1.165, 1.54) is 11.8 Å². The molecule has 0 aliphatic carbocycles. The summed E-state index contributed by atoms with van der Waals surface area (Å²) in [5, 5.41) is 13.3. The Balaban J connectivity index is 2.52. The van der Waals surface area contributed by atoms with E-state index in [1.54, 1.807) is 0 Å². The number of hydrogen-bond donors (Lipinski definition) is 3. The fourth-order valence-corrected chi connectivity index (χ4v) is 2.17. The van der Waals surface area contributed by atoms with Gasteiger partial charge in [-0.25, -0.2) is 0 Å². The Labute approximate surface area is 74.7 Å². The van der Waals surface area contributed by atoms with Crippen molar-refractivity contribution < 1.29 is 9.90 Å². The van der Waals surface area contributed by atoms with E-state index in [-0.39, 0.29) is 6.42 Å². The number of nitrogens with one attached hydrogen (secondary N) is 1. The summed E-state index contributed by atoms with van der Waals surface area (Å²) in [6, 6.07) is 0. The minimum atomic E-state index is -0.844. The molecular formula is C6H9NO2S2.